The number of carbonyl (C=O) groups is 1. The fourth-order valence-corrected chi connectivity index (χ4v) is 4.23. The summed E-state index contributed by atoms with van der Waals surface area (Å²) in [5, 5.41) is 2.96. The highest BCUT2D eigenvalue weighted by Crippen LogP contribution is 2.26. The van der Waals surface area contributed by atoms with Gasteiger partial charge < -0.3 is 9.80 Å². The average Bonchev–Trinajstić information content (AvgIpc) is 3.03. The molecule has 1 saturated heterocycles. The number of nitrogens with zero attached hydrogens (tertiary/aromatic N) is 3. The van der Waals surface area contributed by atoms with Crippen molar-refractivity contribution >= 4 is 33.2 Å². The third-order valence-corrected chi connectivity index (χ3v) is 5.87. The molecule has 2 aromatic rings. The maximum Gasteiger partial charge on any atom is 0.228 e. The lowest BCUT2D eigenvalue weighted by molar-refractivity contribution is -0.132. The van der Waals surface area contributed by atoms with E-state index < -0.39 is 0 Å². The van der Waals surface area contributed by atoms with Crippen molar-refractivity contribution in [1.82, 2.24) is 14.8 Å². The Kier molecular flexibility index (Phi) is 5.69. The van der Waals surface area contributed by atoms with Crippen LogP contribution in [0, 0.1) is 0 Å². The number of amides is 1. The summed E-state index contributed by atoms with van der Waals surface area (Å²) in [4.78, 5) is 21.5. The molecule has 0 bridgehead atoms. The van der Waals surface area contributed by atoms with Crippen LogP contribution in [0.15, 0.2) is 34.1 Å². The van der Waals surface area contributed by atoms with Crippen molar-refractivity contribution < 1.29 is 4.79 Å². The molecule has 1 aromatic carbocycles. The van der Waals surface area contributed by atoms with E-state index in [1.165, 1.54) is 6.42 Å². The first-order chi connectivity index (χ1) is 11.5. The van der Waals surface area contributed by atoms with Crippen LogP contribution in [0.25, 0.3) is 10.6 Å². The summed E-state index contributed by atoms with van der Waals surface area (Å²) in [6.07, 6.45) is 2.64. The molecule has 1 fully saturated rings. The molecule has 6 heteroatoms. The Labute approximate surface area is 155 Å². The first kappa shape index (κ1) is 17.6. The van der Waals surface area contributed by atoms with Crippen LogP contribution in [0.2, 0.25) is 0 Å². The summed E-state index contributed by atoms with van der Waals surface area (Å²) in [5.41, 5.74) is 1.95. The second-order valence-electron chi connectivity index (χ2n) is 6.43. The van der Waals surface area contributed by atoms with Gasteiger partial charge in [-0.3, -0.25) is 4.79 Å². The second kappa shape index (κ2) is 7.76. The molecule has 0 spiro atoms. The van der Waals surface area contributed by atoms with E-state index in [0.29, 0.717) is 12.5 Å². The normalized spacial score (nSPS) is 18.2. The Morgan fingerprint density at radius 1 is 1.46 bits per heavy atom. The van der Waals surface area contributed by atoms with Gasteiger partial charge in [-0.05, 0) is 39.1 Å². The first-order valence-corrected chi connectivity index (χ1v) is 9.85. The molecule has 0 radical (unpaired) electrons. The number of carbonyl (C=O) groups excluding carboxylic acids is 1. The Balaban J connectivity index is 1.65. The summed E-state index contributed by atoms with van der Waals surface area (Å²) in [5.74, 6) is 0.188. The predicted octanol–water partition coefficient (Wildman–Crippen LogP) is 3.67. The minimum absolute atomic E-state index is 0.188. The molecule has 1 amide bonds. The number of piperidine rings is 1. The molecule has 2 heterocycles. The van der Waals surface area contributed by atoms with Crippen LogP contribution in [0.4, 0.5) is 0 Å². The van der Waals surface area contributed by atoms with Crippen molar-refractivity contribution in [3.05, 3.63) is 39.8 Å². The lowest BCUT2D eigenvalue weighted by Crippen LogP contribution is -2.47. The SMILES string of the molecule is CN(C)C1CCCN(C(=O)Cc2csc(-c3cccc(Br)c3)n2)C1. The predicted molar refractivity (Wildman–Crippen MR) is 102 cm³/mol. The number of halogens is 1. The zero-order valence-corrected chi connectivity index (χ0v) is 16.4. The third kappa shape index (κ3) is 4.23. The number of aromatic nitrogens is 1. The van der Waals surface area contributed by atoms with E-state index in [1.54, 1.807) is 11.3 Å². The van der Waals surface area contributed by atoms with Gasteiger partial charge in [0.2, 0.25) is 5.91 Å². The van der Waals surface area contributed by atoms with Crippen LogP contribution in [0.5, 0.6) is 0 Å². The fraction of sp³-hybridized carbons (Fsp3) is 0.444. The van der Waals surface area contributed by atoms with Crippen molar-refractivity contribution in [2.45, 2.75) is 25.3 Å². The Hall–Kier alpha value is -1.24. The summed E-state index contributed by atoms with van der Waals surface area (Å²) >= 11 is 5.08. The largest absolute Gasteiger partial charge is 0.341 e. The molecule has 24 heavy (non-hydrogen) atoms. The van der Waals surface area contributed by atoms with Crippen LogP contribution in [0.3, 0.4) is 0 Å². The van der Waals surface area contributed by atoms with E-state index in [0.717, 1.165) is 40.2 Å². The maximum atomic E-state index is 12.6. The maximum absolute atomic E-state index is 12.6. The Morgan fingerprint density at radius 3 is 3.04 bits per heavy atom. The second-order valence-corrected chi connectivity index (χ2v) is 8.20. The minimum Gasteiger partial charge on any atom is -0.341 e. The fourth-order valence-electron chi connectivity index (χ4n) is 3.01. The van der Waals surface area contributed by atoms with Gasteiger partial charge in [0, 0.05) is 34.5 Å². The summed E-state index contributed by atoms with van der Waals surface area (Å²) < 4.78 is 1.04. The van der Waals surface area contributed by atoms with Crippen LogP contribution < -0.4 is 0 Å². The molecule has 1 unspecified atom stereocenters. The van der Waals surface area contributed by atoms with E-state index in [1.807, 2.05) is 28.5 Å². The van der Waals surface area contributed by atoms with Crippen molar-refractivity contribution in [3.8, 4) is 10.6 Å². The molecule has 1 aromatic heterocycles. The number of hydrogen-bond acceptors (Lipinski definition) is 4. The molecular formula is C18H22BrN3OS. The summed E-state index contributed by atoms with van der Waals surface area (Å²) in [6.45, 7) is 1.69. The van der Waals surface area contributed by atoms with E-state index in [4.69, 9.17) is 0 Å². The van der Waals surface area contributed by atoms with Crippen LogP contribution >= 0.6 is 27.3 Å². The van der Waals surface area contributed by atoms with E-state index in [2.05, 4.69) is 46.0 Å². The minimum atomic E-state index is 0.188. The van der Waals surface area contributed by atoms with Gasteiger partial charge in [-0.2, -0.15) is 0 Å². The third-order valence-electron chi connectivity index (χ3n) is 4.44. The van der Waals surface area contributed by atoms with Crippen molar-refractivity contribution in [2.75, 3.05) is 27.2 Å². The molecule has 3 rings (SSSR count). The van der Waals surface area contributed by atoms with Gasteiger partial charge in [0.1, 0.15) is 5.01 Å². The number of hydrogen-bond donors (Lipinski definition) is 0. The van der Waals surface area contributed by atoms with Crippen LogP contribution in [-0.4, -0.2) is 53.9 Å². The average molecular weight is 408 g/mol. The van der Waals surface area contributed by atoms with Crippen molar-refractivity contribution in [1.29, 1.82) is 0 Å². The van der Waals surface area contributed by atoms with Gasteiger partial charge in [-0.15, -0.1) is 11.3 Å². The molecule has 0 saturated carbocycles. The monoisotopic (exact) mass is 407 g/mol. The zero-order chi connectivity index (χ0) is 17.1. The number of benzene rings is 1. The zero-order valence-electron chi connectivity index (χ0n) is 14.0. The Morgan fingerprint density at radius 2 is 2.29 bits per heavy atom. The van der Waals surface area contributed by atoms with E-state index in [-0.39, 0.29) is 5.91 Å². The molecule has 1 aliphatic rings. The lowest BCUT2D eigenvalue weighted by atomic mass is 10.0. The van der Waals surface area contributed by atoms with E-state index in [9.17, 15) is 4.79 Å². The quantitative estimate of drug-likeness (QED) is 0.775. The number of rotatable bonds is 4. The van der Waals surface area contributed by atoms with Crippen LogP contribution in [-0.2, 0) is 11.2 Å². The van der Waals surface area contributed by atoms with Gasteiger partial charge in [-0.1, -0.05) is 28.1 Å². The molecule has 128 valence electrons. The van der Waals surface area contributed by atoms with Gasteiger partial charge in [0.15, 0.2) is 0 Å². The number of likely N-dealkylation sites (N-methyl/N-ethyl adjacent to an activating group) is 1. The lowest BCUT2D eigenvalue weighted by Gasteiger charge is -2.36. The highest BCUT2D eigenvalue weighted by atomic mass is 79.9. The number of thiazole rings is 1. The highest BCUT2D eigenvalue weighted by Gasteiger charge is 2.25. The molecule has 4 nitrogen and oxygen atoms in total. The van der Waals surface area contributed by atoms with Gasteiger partial charge in [0.25, 0.3) is 0 Å². The highest BCUT2D eigenvalue weighted by molar-refractivity contribution is 9.10. The van der Waals surface area contributed by atoms with Gasteiger partial charge in [-0.25, -0.2) is 4.98 Å². The van der Waals surface area contributed by atoms with Crippen molar-refractivity contribution in [2.24, 2.45) is 0 Å². The number of likely N-dealkylation sites (tertiary alicyclic amines) is 1. The van der Waals surface area contributed by atoms with E-state index >= 15 is 0 Å². The van der Waals surface area contributed by atoms with Gasteiger partial charge >= 0.3 is 0 Å². The molecule has 1 atom stereocenters. The topological polar surface area (TPSA) is 36.4 Å². The van der Waals surface area contributed by atoms with Gasteiger partial charge in [0.05, 0.1) is 12.1 Å². The standard InChI is InChI=1S/C18H22BrN3OS/c1-21(2)16-7-4-8-22(11-16)17(23)10-15-12-24-18(20-15)13-5-3-6-14(19)9-13/h3,5-6,9,12,16H,4,7-8,10-11H2,1-2H3. The molecular weight excluding hydrogens is 386 g/mol. The Bertz CT molecular complexity index is 716. The molecule has 0 N–H and O–H groups in total. The summed E-state index contributed by atoms with van der Waals surface area (Å²) in [6, 6.07) is 8.56. The smallest absolute Gasteiger partial charge is 0.228 e. The van der Waals surface area contributed by atoms with Crippen LogP contribution in [0.1, 0.15) is 18.5 Å². The van der Waals surface area contributed by atoms with Crippen molar-refractivity contribution in [3.63, 3.8) is 0 Å². The molecule has 0 aliphatic carbocycles. The molecule has 1 aliphatic heterocycles. The summed E-state index contributed by atoms with van der Waals surface area (Å²) in [7, 11) is 4.17. The first-order valence-electron chi connectivity index (χ1n) is 8.17.